The predicted octanol–water partition coefficient (Wildman–Crippen LogP) is 2.29. The first-order chi connectivity index (χ1) is 8.52. The van der Waals surface area contributed by atoms with Crippen LogP contribution in [0.2, 0.25) is 0 Å². The van der Waals surface area contributed by atoms with Crippen molar-refractivity contribution in [2.75, 3.05) is 5.32 Å². The molecule has 0 aliphatic rings. The molecule has 0 aliphatic carbocycles. The molecule has 0 heterocycles. The van der Waals surface area contributed by atoms with Gasteiger partial charge in [0.2, 0.25) is 5.91 Å². The molecule has 0 saturated heterocycles. The summed E-state index contributed by atoms with van der Waals surface area (Å²) in [6, 6.07) is 7.51. The van der Waals surface area contributed by atoms with Crippen LogP contribution in [0.1, 0.15) is 32.8 Å². The Morgan fingerprint density at radius 2 is 2.17 bits per heavy atom. The third kappa shape index (κ3) is 4.75. The van der Waals surface area contributed by atoms with Crippen molar-refractivity contribution in [2.45, 2.75) is 45.9 Å². The summed E-state index contributed by atoms with van der Waals surface area (Å²) in [5.74, 6) is -0.332. The van der Waals surface area contributed by atoms with Crippen LogP contribution in [0.4, 0.5) is 5.69 Å². The molecule has 1 unspecified atom stereocenters. The van der Waals surface area contributed by atoms with Gasteiger partial charge < -0.3 is 15.8 Å². The largest absolute Gasteiger partial charge is 0.374 e. The van der Waals surface area contributed by atoms with Crippen LogP contribution in [-0.2, 0) is 16.1 Å². The molecule has 0 aliphatic heterocycles. The predicted molar refractivity (Wildman–Crippen MR) is 73.3 cm³/mol. The van der Waals surface area contributed by atoms with Gasteiger partial charge in [-0.15, -0.1) is 0 Å². The van der Waals surface area contributed by atoms with Crippen molar-refractivity contribution in [3.05, 3.63) is 29.8 Å². The molecule has 0 aromatic heterocycles. The third-order valence-electron chi connectivity index (χ3n) is 2.60. The Kier molecular flexibility index (Phi) is 5.65. The zero-order valence-corrected chi connectivity index (χ0v) is 11.3. The number of nitrogens with one attached hydrogen (secondary N) is 1. The Bertz CT molecular complexity index is 391. The number of carbonyl (C=O) groups excluding carboxylic acids is 1. The molecular weight excluding hydrogens is 228 g/mol. The summed E-state index contributed by atoms with van der Waals surface area (Å²) in [5, 5.41) is 3.13. The minimum Gasteiger partial charge on any atom is -0.374 e. The molecular formula is C14H22N2O2. The minimum absolute atomic E-state index is 0.204. The van der Waals surface area contributed by atoms with Gasteiger partial charge in [-0.2, -0.15) is 0 Å². The van der Waals surface area contributed by atoms with Crippen molar-refractivity contribution in [2.24, 2.45) is 5.73 Å². The fourth-order valence-corrected chi connectivity index (χ4v) is 1.59. The Morgan fingerprint density at radius 3 is 2.72 bits per heavy atom. The maximum absolute atomic E-state index is 11.2. The van der Waals surface area contributed by atoms with Gasteiger partial charge in [-0.05, 0) is 38.0 Å². The van der Waals surface area contributed by atoms with Crippen molar-refractivity contribution in [3.63, 3.8) is 0 Å². The summed E-state index contributed by atoms with van der Waals surface area (Å²) >= 11 is 0. The fraction of sp³-hybridized carbons (Fsp3) is 0.500. The van der Waals surface area contributed by atoms with E-state index in [0.29, 0.717) is 13.0 Å². The number of hydrogen-bond acceptors (Lipinski definition) is 3. The molecule has 3 N–H and O–H groups in total. The number of nitrogens with two attached hydrogens (primary N) is 1. The lowest BCUT2D eigenvalue weighted by molar-refractivity contribution is -0.118. The van der Waals surface area contributed by atoms with Crippen LogP contribution in [0.15, 0.2) is 24.3 Å². The molecule has 0 spiro atoms. The summed E-state index contributed by atoms with van der Waals surface area (Å²) in [6.07, 6.45) is 0.873. The number of primary amides is 1. The molecule has 0 fully saturated rings. The van der Waals surface area contributed by atoms with Crippen molar-refractivity contribution < 1.29 is 9.53 Å². The normalized spacial score (nSPS) is 12.4. The SMILES string of the molecule is CCC(Nc1cccc(COC(C)C)c1)C(N)=O. The van der Waals surface area contributed by atoms with Crippen molar-refractivity contribution in [1.82, 2.24) is 0 Å². The monoisotopic (exact) mass is 250 g/mol. The first-order valence-electron chi connectivity index (χ1n) is 6.29. The highest BCUT2D eigenvalue weighted by molar-refractivity contribution is 5.82. The summed E-state index contributed by atoms with van der Waals surface area (Å²) < 4.78 is 5.54. The van der Waals surface area contributed by atoms with Crippen LogP contribution >= 0.6 is 0 Å². The van der Waals surface area contributed by atoms with Crippen LogP contribution in [-0.4, -0.2) is 18.1 Å². The summed E-state index contributed by atoms with van der Waals surface area (Å²) in [6.45, 7) is 6.50. The number of rotatable bonds is 7. The van der Waals surface area contributed by atoms with Crippen LogP contribution in [0.5, 0.6) is 0 Å². The number of carbonyl (C=O) groups is 1. The number of benzene rings is 1. The molecule has 18 heavy (non-hydrogen) atoms. The van der Waals surface area contributed by atoms with E-state index >= 15 is 0 Å². The Hall–Kier alpha value is -1.55. The van der Waals surface area contributed by atoms with Gasteiger partial charge in [0.25, 0.3) is 0 Å². The van der Waals surface area contributed by atoms with E-state index in [0.717, 1.165) is 11.3 Å². The van der Waals surface area contributed by atoms with Crippen LogP contribution in [0.25, 0.3) is 0 Å². The standard InChI is InChI=1S/C14H22N2O2/c1-4-13(14(15)17)16-12-7-5-6-11(8-12)9-18-10(2)3/h5-8,10,13,16H,4,9H2,1-3H3,(H2,15,17). The van der Waals surface area contributed by atoms with Gasteiger partial charge in [0.15, 0.2) is 0 Å². The van der Waals surface area contributed by atoms with E-state index in [2.05, 4.69) is 5.32 Å². The number of anilines is 1. The molecule has 1 aromatic carbocycles. The second-order valence-electron chi connectivity index (χ2n) is 4.57. The second-order valence-corrected chi connectivity index (χ2v) is 4.57. The summed E-state index contributed by atoms with van der Waals surface area (Å²) in [5.41, 5.74) is 7.28. The van der Waals surface area contributed by atoms with E-state index < -0.39 is 0 Å². The highest BCUT2D eigenvalue weighted by Gasteiger charge is 2.12. The van der Waals surface area contributed by atoms with Gasteiger partial charge in [0, 0.05) is 5.69 Å². The minimum atomic E-state index is -0.332. The van der Waals surface area contributed by atoms with E-state index in [1.54, 1.807) is 0 Å². The van der Waals surface area contributed by atoms with E-state index in [-0.39, 0.29) is 18.1 Å². The highest BCUT2D eigenvalue weighted by atomic mass is 16.5. The Morgan fingerprint density at radius 1 is 1.44 bits per heavy atom. The average Bonchev–Trinajstić information content (AvgIpc) is 2.33. The zero-order chi connectivity index (χ0) is 13.5. The number of hydrogen-bond donors (Lipinski definition) is 2. The van der Waals surface area contributed by atoms with Gasteiger partial charge in [0.1, 0.15) is 6.04 Å². The zero-order valence-electron chi connectivity index (χ0n) is 11.3. The van der Waals surface area contributed by atoms with E-state index in [9.17, 15) is 4.79 Å². The lowest BCUT2D eigenvalue weighted by Crippen LogP contribution is -2.34. The van der Waals surface area contributed by atoms with E-state index in [1.165, 1.54) is 0 Å². The molecule has 0 bridgehead atoms. The quantitative estimate of drug-likeness (QED) is 0.780. The van der Waals surface area contributed by atoms with Gasteiger partial charge in [-0.1, -0.05) is 19.1 Å². The lowest BCUT2D eigenvalue weighted by atomic mass is 10.1. The molecule has 1 atom stereocenters. The van der Waals surface area contributed by atoms with Crippen molar-refractivity contribution in [3.8, 4) is 0 Å². The van der Waals surface area contributed by atoms with Gasteiger partial charge in [0.05, 0.1) is 12.7 Å². The topological polar surface area (TPSA) is 64.3 Å². The van der Waals surface area contributed by atoms with Crippen LogP contribution < -0.4 is 11.1 Å². The average molecular weight is 250 g/mol. The third-order valence-corrected chi connectivity index (χ3v) is 2.60. The van der Waals surface area contributed by atoms with Crippen molar-refractivity contribution in [1.29, 1.82) is 0 Å². The van der Waals surface area contributed by atoms with Crippen LogP contribution in [0.3, 0.4) is 0 Å². The van der Waals surface area contributed by atoms with Gasteiger partial charge >= 0.3 is 0 Å². The molecule has 1 aromatic rings. The molecule has 1 rings (SSSR count). The highest BCUT2D eigenvalue weighted by Crippen LogP contribution is 2.14. The fourth-order valence-electron chi connectivity index (χ4n) is 1.59. The Labute approximate surface area is 109 Å². The molecule has 0 radical (unpaired) electrons. The molecule has 0 saturated carbocycles. The second kappa shape index (κ2) is 7.01. The number of ether oxygens (including phenoxy) is 1. The molecule has 4 heteroatoms. The smallest absolute Gasteiger partial charge is 0.239 e. The maximum atomic E-state index is 11.2. The molecule has 4 nitrogen and oxygen atoms in total. The van der Waals surface area contributed by atoms with E-state index in [4.69, 9.17) is 10.5 Å². The number of amides is 1. The van der Waals surface area contributed by atoms with Crippen LogP contribution in [0, 0.1) is 0 Å². The molecule has 100 valence electrons. The summed E-state index contributed by atoms with van der Waals surface area (Å²) in [7, 11) is 0. The van der Waals surface area contributed by atoms with Gasteiger partial charge in [-0.25, -0.2) is 0 Å². The molecule has 1 amide bonds. The van der Waals surface area contributed by atoms with Crippen molar-refractivity contribution >= 4 is 11.6 Å². The lowest BCUT2D eigenvalue weighted by Gasteiger charge is -2.15. The van der Waals surface area contributed by atoms with E-state index in [1.807, 2.05) is 45.0 Å². The first kappa shape index (κ1) is 14.5. The summed E-state index contributed by atoms with van der Waals surface area (Å²) in [4.78, 5) is 11.2. The first-order valence-corrected chi connectivity index (χ1v) is 6.29. The Balaban J connectivity index is 2.66. The van der Waals surface area contributed by atoms with Gasteiger partial charge in [-0.3, -0.25) is 4.79 Å². The maximum Gasteiger partial charge on any atom is 0.239 e.